The average molecular weight is 431 g/mol. The molecule has 0 unspecified atom stereocenters. The number of hydrogen-bond donors (Lipinski definition) is 1. The zero-order chi connectivity index (χ0) is 22.1. The molecule has 164 valence electrons. The summed E-state index contributed by atoms with van der Waals surface area (Å²) in [6.07, 6.45) is 2.91. The minimum atomic E-state index is -0.350. The molecule has 1 fully saturated rings. The first-order chi connectivity index (χ1) is 15.7. The van der Waals surface area contributed by atoms with Crippen molar-refractivity contribution in [3.05, 3.63) is 89.4 Å². The van der Waals surface area contributed by atoms with E-state index in [9.17, 15) is 9.59 Å². The van der Waals surface area contributed by atoms with Crippen molar-refractivity contribution in [3.8, 4) is 0 Å². The maximum atomic E-state index is 13.2. The highest BCUT2D eigenvalue weighted by Gasteiger charge is 2.46. The number of amides is 1. The van der Waals surface area contributed by atoms with Crippen LogP contribution in [0, 0.1) is 5.92 Å². The summed E-state index contributed by atoms with van der Waals surface area (Å²) in [5.41, 5.74) is 3.44. The Labute approximate surface area is 187 Å². The third-order valence-corrected chi connectivity index (χ3v) is 6.42. The highest BCUT2D eigenvalue weighted by Crippen LogP contribution is 2.51. The first-order valence-corrected chi connectivity index (χ1v) is 11.1. The number of nitrogens with zero attached hydrogens (tertiary/aromatic N) is 1. The van der Waals surface area contributed by atoms with Gasteiger partial charge in [0, 0.05) is 24.6 Å². The van der Waals surface area contributed by atoms with Gasteiger partial charge < -0.3 is 19.4 Å². The third-order valence-electron chi connectivity index (χ3n) is 6.42. The number of rotatable bonds is 5. The van der Waals surface area contributed by atoms with Gasteiger partial charge in [0.05, 0.1) is 30.5 Å². The van der Waals surface area contributed by atoms with Crippen molar-refractivity contribution in [2.24, 2.45) is 5.92 Å². The molecule has 6 nitrogen and oxygen atoms in total. The molecule has 0 bridgehead atoms. The van der Waals surface area contributed by atoms with Crippen molar-refractivity contribution < 1.29 is 18.7 Å². The summed E-state index contributed by atoms with van der Waals surface area (Å²) in [5, 5.41) is 3.61. The molecule has 3 aromatic rings. The van der Waals surface area contributed by atoms with Crippen LogP contribution in [0.5, 0.6) is 0 Å². The Morgan fingerprint density at radius 1 is 1.16 bits per heavy atom. The van der Waals surface area contributed by atoms with Crippen LogP contribution in [0.1, 0.15) is 59.1 Å². The number of furan rings is 1. The van der Waals surface area contributed by atoms with Crippen LogP contribution in [0.3, 0.4) is 0 Å². The summed E-state index contributed by atoms with van der Waals surface area (Å²) >= 11 is 0. The molecule has 3 heterocycles. The molecule has 2 aliphatic rings. The standard InChI is InChI=1S/C26H26N2O4/c1-2-31-26(30)18-10-12-21-20(15-18)25-19(24(27-21)22-9-6-14-32-22)11-13-23(29)28(25)16-17-7-4-3-5-8-17/h3-10,12,14-15,19,24-25,27H,2,11,13,16H2,1H3/t19-,24+,25-/m0/s1. The summed E-state index contributed by atoms with van der Waals surface area (Å²) in [7, 11) is 0. The summed E-state index contributed by atoms with van der Waals surface area (Å²) in [6.45, 7) is 2.64. The molecule has 3 atom stereocenters. The van der Waals surface area contributed by atoms with E-state index in [0.717, 1.165) is 29.0 Å². The van der Waals surface area contributed by atoms with Crippen LogP contribution in [0.2, 0.25) is 0 Å². The SMILES string of the molecule is CCOC(=O)c1ccc2c(c1)[C@@H]1[C@@H](CCC(=O)N1Cc1ccccc1)[C@H](c1ccco1)N2. The molecular formula is C26H26N2O4. The van der Waals surface area contributed by atoms with Gasteiger partial charge in [0.2, 0.25) is 5.91 Å². The van der Waals surface area contributed by atoms with Gasteiger partial charge in [-0.3, -0.25) is 4.79 Å². The van der Waals surface area contributed by atoms with Crippen molar-refractivity contribution in [3.63, 3.8) is 0 Å². The molecule has 0 saturated carbocycles. The normalized spacial score (nSPS) is 22.0. The van der Waals surface area contributed by atoms with Gasteiger partial charge in [-0.1, -0.05) is 30.3 Å². The topological polar surface area (TPSA) is 71.8 Å². The molecule has 0 aliphatic carbocycles. The fourth-order valence-electron chi connectivity index (χ4n) is 5.00. The molecule has 32 heavy (non-hydrogen) atoms. The first kappa shape index (κ1) is 20.4. The Balaban J connectivity index is 1.60. The molecule has 1 aromatic heterocycles. The predicted molar refractivity (Wildman–Crippen MR) is 120 cm³/mol. The van der Waals surface area contributed by atoms with Gasteiger partial charge in [-0.15, -0.1) is 0 Å². The van der Waals surface area contributed by atoms with E-state index in [1.54, 1.807) is 19.3 Å². The minimum absolute atomic E-state index is 0.0534. The van der Waals surface area contributed by atoms with Crippen molar-refractivity contribution in [1.29, 1.82) is 0 Å². The quantitative estimate of drug-likeness (QED) is 0.570. The largest absolute Gasteiger partial charge is 0.467 e. The summed E-state index contributed by atoms with van der Waals surface area (Å²) in [4.78, 5) is 27.6. The van der Waals surface area contributed by atoms with E-state index >= 15 is 0 Å². The van der Waals surface area contributed by atoms with Crippen LogP contribution in [-0.4, -0.2) is 23.4 Å². The number of benzene rings is 2. The number of fused-ring (bicyclic) bond motifs is 3. The molecule has 0 spiro atoms. The molecule has 2 aliphatic heterocycles. The summed E-state index contributed by atoms with van der Waals surface area (Å²) in [6, 6.07) is 19.2. The van der Waals surface area contributed by atoms with Crippen molar-refractivity contribution >= 4 is 17.6 Å². The molecule has 6 heteroatoms. The van der Waals surface area contributed by atoms with Crippen LogP contribution in [0.4, 0.5) is 5.69 Å². The number of ether oxygens (including phenoxy) is 1. The molecule has 2 aromatic carbocycles. The number of esters is 1. The van der Waals surface area contributed by atoms with E-state index in [2.05, 4.69) is 5.32 Å². The lowest BCUT2D eigenvalue weighted by atomic mass is 9.75. The summed E-state index contributed by atoms with van der Waals surface area (Å²) < 4.78 is 11.0. The van der Waals surface area contributed by atoms with Gasteiger partial charge in [0.25, 0.3) is 0 Å². The lowest BCUT2D eigenvalue weighted by Gasteiger charge is -2.48. The lowest BCUT2D eigenvalue weighted by Crippen LogP contribution is -2.47. The van der Waals surface area contributed by atoms with Gasteiger partial charge in [0.1, 0.15) is 5.76 Å². The predicted octanol–water partition coefficient (Wildman–Crippen LogP) is 5.10. The Morgan fingerprint density at radius 2 is 2.00 bits per heavy atom. The Hall–Kier alpha value is -3.54. The highest BCUT2D eigenvalue weighted by atomic mass is 16.5. The van der Waals surface area contributed by atoms with Gasteiger partial charge in [0.15, 0.2) is 0 Å². The molecule has 1 amide bonds. The second-order valence-corrected chi connectivity index (χ2v) is 8.31. The molecule has 5 rings (SSSR count). The van der Waals surface area contributed by atoms with E-state index < -0.39 is 0 Å². The van der Waals surface area contributed by atoms with E-state index in [-0.39, 0.29) is 29.9 Å². The number of anilines is 1. The fraction of sp³-hybridized carbons (Fsp3) is 0.308. The van der Waals surface area contributed by atoms with Crippen molar-refractivity contribution in [1.82, 2.24) is 4.90 Å². The van der Waals surface area contributed by atoms with Gasteiger partial charge in [-0.25, -0.2) is 4.79 Å². The second-order valence-electron chi connectivity index (χ2n) is 8.31. The van der Waals surface area contributed by atoms with Crippen LogP contribution in [0.25, 0.3) is 0 Å². The average Bonchev–Trinajstić information content (AvgIpc) is 3.35. The van der Waals surface area contributed by atoms with Crippen molar-refractivity contribution in [2.45, 2.75) is 38.4 Å². The van der Waals surface area contributed by atoms with E-state index in [0.29, 0.717) is 25.1 Å². The molecule has 0 radical (unpaired) electrons. The van der Waals surface area contributed by atoms with Gasteiger partial charge >= 0.3 is 5.97 Å². The van der Waals surface area contributed by atoms with Crippen LogP contribution >= 0.6 is 0 Å². The molecular weight excluding hydrogens is 404 g/mol. The third kappa shape index (κ3) is 3.66. The minimum Gasteiger partial charge on any atom is -0.467 e. The lowest BCUT2D eigenvalue weighted by molar-refractivity contribution is -0.140. The second kappa shape index (κ2) is 8.54. The monoisotopic (exact) mass is 430 g/mol. The number of hydrogen-bond acceptors (Lipinski definition) is 5. The van der Waals surface area contributed by atoms with Crippen LogP contribution in [0.15, 0.2) is 71.3 Å². The zero-order valence-corrected chi connectivity index (χ0v) is 18.0. The van der Waals surface area contributed by atoms with E-state index in [4.69, 9.17) is 9.15 Å². The number of nitrogens with one attached hydrogen (secondary N) is 1. The number of carbonyl (C=O) groups is 2. The molecule has 1 saturated heterocycles. The van der Waals surface area contributed by atoms with Gasteiger partial charge in [-0.2, -0.15) is 0 Å². The zero-order valence-electron chi connectivity index (χ0n) is 18.0. The fourth-order valence-corrected chi connectivity index (χ4v) is 5.00. The summed E-state index contributed by atoms with van der Waals surface area (Å²) in [5.74, 6) is 0.751. The Kier molecular flexibility index (Phi) is 5.43. The number of piperidine rings is 1. The Morgan fingerprint density at radius 3 is 2.75 bits per heavy atom. The first-order valence-electron chi connectivity index (χ1n) is 11.1. The molecule has 1 N–H and O–H groups in total. The van der Waals surface area contributed by atoms with Crippen molar-refractivity contribution in [2.75, 3.05) is 11.9 Å². The van der Waals surface area contributed by atoms with E-state index in [1.807, 2.05) is 59.5 Å². The highest BCUT2D eigenvalue weighted by molar-refractivity contribution is 5.90. The number of likely N-dealkylation sites (tertiary alicyclic amines) is 1. The number of carbonyl (C=O) groups excluding carboxylic acids is 2. The van der Waals surface area contributed by atoms with Crippen LogP contribution < -0.4 is 5.32 Å². The maximum Gasteiger partial charge on any atom is 0.338 e. The van der Waals surface area contributed by atoms with E-state index in [1.165, 1.54) is 0 Å². The maximum absolute atomic E-state index is 13.2. The Bertz CT molecular complexity index is 1110. The van der Waals surface area contributed by atoms with Crippen LogP contribution in [-0.2, 0) is 16.1 Å². The van der Waals surface area contributed by atoms with Gasteiger partial charge in [-0.05, 0) is 54.8 Å². The smallest absolute Gasteiger partial charge is 0.338 e.